The summed E-state index contributed by atoms with van der Waals surface area (Å²) in [6, 6.07) is 12.0. The summed E-state index contributed by atoms with van der Waals surface area (Å²) in [5, 5.41) is 3.35. The van der Waals surface area contributed by atoms with Crippen molar-refractivity contribution >= 4 is 29.2 Å². The van der Waals surface area contributed by atoms with Gasteiger partial charge >= 0.3 is 11.9 Å². The van der Waals surface area contributed by atoms with Gasteiger partial charge in [0.2, 0.25) is 0 Å². The Morgan fingerprint density at radius 3 is 2.46 bits per heavy atom. The lowest BCUT2D eigenvalue weighted by molar-refractivity contribution is -0.142. The van der Waals surface area contributed by atoms with Gasteiger partial charge in [-0.3, -0.25) is 0 Å². The molecule has 7 heteroatoms. The summed E-state index contributed by atoms with van der Waals surface area (Å²) in [4.78, 5) is 24.8. The molecule has 0 saturated heterocycles. The van der Waals surface area contributed by atoms with E-state index in [0.717, 1.165) is 0 Å². The van der Waals surface area contributed by atoms with Crippen molar-refractivity contribution in [2.75, 3.05) is 11.9 Å². The van der Waals surface area contributed by atoms with Crippen molar-refractivity contribution in [2.45, 2.75) is 13.0 Å². The predicted molar refractivity (Wildman–Crippen MR) is 94.0 cm³/mol. The molecule has 0 fully saturated rings. The zero-order chi connectivity index (χ0) is 18.7. The first-order chi connectivity index (χ1) is 12.5. The van der Waals surface area contributed by atoms with Gasteiger partial charge in [-0.1, -0.05) is 23.7 Å². The number of rotatable bonds is 5. The first-order valence-electron chi connectivity index (χ1n) is 7.90. The van der Waals surface area contributed by atoms with Gasteiger partial charge in [0.25, 0.3) is 0 Å². The molecule has 1 aliphatic heterocycles. The van der Waals surface area contributed by atoms with E-state index in [1.807, 2.05) is 0 Å². The van der Waals surface area contributed by atoms with Gasteiger partial charge in [0, 0.05) is 10.7 Å². The summed E-state index contributed by atoms with van der Waals surface area (Å²) >= 11 is 5.89. The topological polar surface area (TPSA) is 64.6 Å². The number of carbonyl (C=O) groups is 2. The van der Waals surface area contributed by atoms with Crippen LogP contribution in [0.2, 0.25) is 5.02 Å². The zero-order valence-corrected chi connectivity index (χ0v) is 14.5. The van der Waals surface area contributed by atoms with E-state index in [0.29, 0.717) is 16.3 Å². The van der Waals surface area contributed by atoms with Gasteiger partial charge in [-0.05, 0) is 48.9 Å². The summed E-state index contributed by atoms with van der Waals surface area (Å²) in [6.07, 6.45) is -0.915. The largest absolute Gasteiger partial charge is 0.462 e. The summed E-state index contributed by atoms with van der Waals surface area (Å²) in [6.45, 7) is 1.81. The molecule has 0 bridgehead atoms. The average molecular weight is 376 g/mol. The van der Waals surface area contributed by atoms with Crippen molar-refractivity contribution in [2.24, 2.45) is 0 Å². The second kappa shape index (κ2) is 7.58. The van der Waals surface area contributed by atoms with Crippen LogP contribution in [0, 0.1) is 5.82 Å². The van der Waals surface area contributed by atoms with E-state index in [9.17, 15) is 14.0 Å². The third-order valence-electron chi connectivity index (χ3n) is 3.74. The summed E-state index contributed by atoms with van der Waals surface area (Å²) in [5.74, 6) is -1.77. The van der Waals surface area contributed by atoms with Crippen LogP contribution in [0.5, 0.6) is 0 Å². The van der Waals surface area contributed by atoms with Crippen LogP contribution in [-0.4, -0.2) is 18.5 Å². The average Bonchev–Trinajstić information content (AvgIpc) is 2.94. The van der Waals surface area contributed by atoms with Crippen LogP contribution < -0.4 is 5.32 Å². The number of anilines is 1. The van der Waals surface area contributed by atoms with Gasteiger partial charge < -0.3 is 14.8 Å². The molecule has 1 atom stereocenters. The minimum absolute atomic E-state index is 0.0324. The fraction of sp³-hybridized carbons (Fsp3) is 0.158. The maximum Gasteiger partial charge on any atom is 0.356 e. The second-order valence-electron chi connectivity index (χ2n) is 5.48. The van der Waals surface area contributed by atoms with Crippen LogP contribution in [0.4, 0.5) is 10.1 Å². The lowest BCUT2D eigenvalue weighted by atomic mass is 10.0. The van der Waals surface area contributed by atoms with Crippen LogP contribution >= 0.6 is 11.6 Å². The highest BCUT2D eigenvalue weighted by Crippen LogP contribution is 2.36. The lowest BCUT2D eigenvalue weighted by Gasteiger charge is -2.13. The first-order valence-corrected chi connectivity index (χ1v) is 8.27. The molecule has 0 aliphatic carbocycles. The van der Waals surface area contributed by atoms with Crippen molar-refractivity contribution in [3.63, 3.8) is 0 Å². The van der Waals surface area contributed by atoms with Gasteiger partial charge in [0.05, 0.1) is 6.61 Å². The van der Waals surface area contributed by atoms with Crippen LogP contribution in [-0.2, 0) is 19.1 Å². The highest BCUT2D eigenvalue weighted by molar-refractivity contribution is 6.30. The normalized spacial score (nSPS) is 16.4. The van der Waals surface area contributed by atoms with Gasteiger partial charge in [0.1, 0.15) is 17.1 Å². The van der Waals surface area contributed by atoms with E-state index in [1.54, 1.807) is 31.2 Å². The van der Waals surface area contributed by atoms with Crippen molar-refractivity contribution in [1.82, 2.24) is 0 Å². The number of hydrogen-bond acceptors (Lipinski definition) is 5. The molecule has 0 spiro atoms. The molecule has 0 aromatic heterocycles. The minimum atomic E-state index is -0.915. The van der Waals surface area contributed by atoms with E-state index < -0.39 is 23.9 Å². The number of halogens is 2. The maximum atomic E-state index is 13.1. The molecule has 1 unspecified atom stereocenters. The molecular weight excluding hydrogens is 361 g/mol. The molecule has 134 valence electrons. The first kappa shape index (κ1) is 17.9. The van der Waals surface area contributed by atoms with Gasteiger partial charge in [-0.2, -0.15) is 0 Å². The van der Waals surface area contributed by atoms with E-state index >= 15 is 0 Å². The lowest BCUT2D eigenvalue weighted by Crippen LogP contribution is -2.16. The number of carbonyl (C=O) groups excluding carboxylic acids is 2. The Labute approximate surface area is 154 Å². The molecule has 26 heavy (non-hydrogen) atoms. The molecule has 0 amide bonds. The fourth-order valence-electron chi connectivity index (χ4n) is 2.55. The highest BCUT2D eigenvalue weighted by atomic mass is 35.5. The van der Waals surface area contributed by atoms with Crippen LogP contribution in [0.3, 0.4) is 0 Å². The molecule has 1 aliphatic rings. The highest BCUT2D eigenvalue weighted by Gasteiger charge is 2.40. The van der Waals surface area contributed by atoms with E-state index in [2.05, 4.69) is 5.32 Å². The van der Waals surface area contributed by atoms with Crippen LogP contribution in [0.25, 0.3) is 0 Å². The number of cyclic esters (lactones) is 1. The Bertz CT molecular complexity index is 862. The van der Waals surface area contributed by atoms with Crippen molar-refractivity contribution in [3.8, 4) is 0 Å². The molecule has 2 aromatic carbocycles. The molecule has 0 saturated carbocycles. The molecule has 0 radical (unpaired) electrons. The Morgan fingerprint density at radius 2 is 1.85 bits per heavy atom. The SMILES string of the molecule is CCOC(=O)C1=C(Nc2ccc(F)cc2)C(=O)OC1c1ccc(Cl)cc1. The number of nitrogens with one attached hydrogen (secondary N) is 1. The third-order valence-corrected chi connectivity index (χ3v) is 3.99. The summed E-state index contributed by atoms with van der Waals surface area (Å²) in [5.41, 5.74) is 1.05. The number of hydrogen-bond donors (Lipinski definition) is 1. The summed E-state index contributed by atoms with van der Waals surface area (Å²) < 4.78 is 23.5. The van der Waals surface area contributed by atoms with Crippen LogP contribution in [0.15, 0.2) is 59.8 Å². The number of esters is 2. The predicted octanol–water partition coefficient (Wildman–Crippen LogP) is 4.01. The Balaban J connectivity index is 2.01. The van der Waals surface area contributed by atoms with Gasteiger partial charge in [0.15, 0.2) is 6.10 Å². The Kier molecular flexibility index (Phi) is 5.23. The maximum absolute atomic E-state index is 13.1. The number of benzene rings is 2. The van der Waals surface area contributed by atoms with Gasteiger partial charge in [-0.25, -0.2) is 14.0 Å². The van der Waals surface area contributed by atoms with Gasteiger partial charge in [-0.15, -0.1) is 0 Å². The molecule has 1 N–H and O–H groups in total. The van der Waals surface area contributed by atoms with Crippen molar-refractivity contribution < 1.29 is 23.5 Å². The minimum Gasteiger partial charge on any atom is -0.462 e. The Hall–Kier alpha value is -2.86. The molecule has 5 nitrogen and oxygen atoms in total. The zero-order valence-electron chi connectivity index (χ0n) is 13.8. The Morgan fingerprint density at radius 1 is 1.19 bits per heavy atom. The number of ether oxygens (including phenoxy) is 2. The second-order valence-corrected chi connectivity index (χ2v) is 5.91. The molecule has 2 aromatic rings. The molecule has 3 rings (SSSR count). The van der Waals surface area contributed by atoms with Crippen molar-refractivity contribution in [1.29, 1.82) is 0 Å². The van der Waals surface area contributed by atoms with Crippen LogP contribution in [0.1, 0.15) is 18.6 Å². The standard InChI is InChI=1S/C19H15ClFNO4/c1-2-25-18(23)15-16(22-14-9-7-13(21)8-10-14)19(24)26-17(15)11-3-5-12(20)6-4-11/h3-10,17,22H,2H2,1H3. The summed E-state index contributed by atoms with van der Waals surface area (Å²) in [7, 11) is 0. The van der Waals surface area contributed by atoms with E-state index in [-0.39, 0.29) is 17.9 Å². The third kappa shape index (κ3) is 3.70. The van der Waals surface area contributed by atoms with Crippen molar-refractivity contribution in [3.05, 3.63) is 76.2 Å². The van der Waals surface area contributed by atoms with E-state index in [4.69, 9.17) is 21.1 Å². The molecular formula is C19H15ClFNO4. The fourth-order valence-corrected chi connectivity index (χ4v) is 2.68. The monoisotopic (exact) mass is 375 g/mol. The quantitative estimate of drug-likeness (QED) is 0.800. The smallest absolute Gasteiger partial charge is 0.356 e. The molecule has 1 heterocycles. The van der Waals surface area contributed by atoms with E-state index in [1.165, 1.54) is 24.3 Å².